The average Bonchev–Trinajstić information content (AvgIpc) is 3.52. The molecule has 1 aliphatic rings. The smallest absolute Gasteiger partial charge is 0.264 e. The summed E-state index contributed by atoms with van der Waals surface area (Å²) in [5, 5.41) is 31.5. The van der Waals surface area contributed by atoms with Crippen molar-refractivity contribution in [2.75, 3.05) is 46.5 Å². The van der Waals surface area contributed by atoms with Crippen molar-refractivity contribution in [3.8, 4) is 0 Å². The molecular weight excluding hydrogens is 793 g/mol. The molecule has 2 aromatic heterocycles. The van der Waals surface area contributed by atoms with Crippen molar-refractivity contribution in [3.63, 3.8) is 0 Å². The average molecular weight is 834 g/mol. The van der Waals surface area contributed by atoms with Gasteiger partial charge in [0.25, 0.3) is 30.4 Å². The number of carbonyl (C=O) groups is 1. The van der Waals surface area contributed by atoms with Gasteiger partial charge in [0.15, 0.2) is 17.7 Å². The van der Waals surface area contributed by atoms with Crippen LogP contribution in [0.4, 0.5) is 5.82 Å². The number of hydrogen-bond donors (Lipinski definition) is 7. The Balaban J connectivity index is 0.000000452. The monoisotopic (exact) mass is 833 g/mol. The van der Waals surface area contributed by atoms with Crippen LogP contribution in [0, 0.1) is 0 Å². The van der Waals surface area contributed by atoms with Gasteiger partial charge in [-0.05, 0) is 36.6 Å². The third-order valence-corrected chi connectivity index (χ3v) is 11.7. The van der Waals surface area contributed by atoms with Crippen LogP contribution in [-0.2, 0) is 60.9 Å². The van der Waals surface area contributed by atoms with Gasteiger partial charge < -0.3 is 40.9 Å². The van der Waals surface area contributed by atoms with E-state index in [1.165, 1.54) is 17.2 Å². The van der Waals surface area contributed by atoms with Crippen LogP contribution >= 0.6 is 0 Å². The van der Waals surface area contributed by atoms with Gasteiger partial charge in [0.05, 0.1) is 45.9 Å². The highest BCUT2D eigenvalue weighted by atomic mass is 32.2. The van der Waals surface area contributed by atoms with Gasteiger partial charge in [0.2, 0.25) is 0 Å². The number of rotatable bonds is 17. The molecule has 0 bridgehead atoms. The van der Waals surface area contributed by atoms with Crippen LogP contribution in [0.2, 0.25) is 0 Å². The number of carboxylic acids is 1. The minimum atomic E-state index is -4.27. The summed E-state index contributed by atoms with van der Waals surface area (Å²) in [4.78, 5) is 22.8. The minimum absolute atomic E-state index is 0.0125. The van der Waals surface area contributed by atoms with Crippen LogP contribution in [-0.4, -0.2) is 153 Å². The lowest BCUT2D eigenvalue weighted by atomic mass is 10.1. The molecule has 1 saturated heterocycles. The Bertz CT molecular complexity index is 1720. The van der Waals surface area contributed by atoms with E-state index in [4.69, 9.17) is 29.9 Å². The van der Waals surface area contributed by atoms with Crippen molar-refractivity contribution in [1.82, 2.24) is 19.5 Å². The number of carbonyl (C=O) groups excluding carboxylic acids is 1. The number of aliphatic hydroxyl groups excluding tert-OH is 2. The molecule has 3 heterocycles. The Labute approximate surface area is 297 Å². The summed E-state index contributed by atoms with van der Waals surface area (Å²) >= 11 is 0. The summed E-state index contributed by atoms with van der Waals surface area (Å²) in [7, 11) is -16.6. The van der Waals surface area contributed by atoms with Gasteiger partial charge in [-0.3, -0.25) is 18.2 Å². The van der Waals surface area contributed by atoms with E-state index >= 15 is 0 Å². The van der Waals surface area contributed by atoms with Crippen LogP contribution in [0.5, 0.6) is 0 Å². The molecule has 0 spiro atoms. The number of fused-ring (bicyclic) bond motifs is 1. The largest absolute Gasteiger partial charge is 0.748 e. The van der Waals surface area contributed by atoms with Crippen molar-refractivity contribution in [1.29, 1.82) is 0 Å². The summed E-state index contributed by atoms with van der Waals surface area (Å²) in [6, 6.07) is -1.02. The number of nitrogen functional groups attached to an aromatic ring is 1. The zero-order valence-corrected chi connectivity index (χ0v) is 31.0. The number of carboxylic acid groups (broad SMARTS) is 1. The fourth-order valence-corrected chi connectivity index (χ4v) is 8.02. The van der Waals surface area contributed by atoms with E-state index in [0.29, 0.717) is 22.7 Å². The Morgan fingerprint density at radius 2 is 1.39 bits per heavy atom. The number of unbranched alkanes of at least 4 members (excludes halogenated alkanes) is 2. The number of anilines is 1. The number of aliphatic hydroxyl groups is 2. The van der Waals surface area contributed by atoms with E-state index in [2.05, 4.69) is 15.0 Å². The molecule has 3 rings (SSSR count). The maximum atomic E-state index is 10.7. The summed E-state index contributed by atoms with van der Waals surface area (Å²) in [6.07, 6.45) is 1.11. The molecule has 1 fully saturated rings. The molecule has 0 aromatic carbocycles. The molecule has 0 radical (unpaired) electrons. The quantitative estimate of drug-likeness (QED) is 0.0448. The Hall–Kier alpha value is -2.35. The van der Waals surface area contributed by atoms with Gasteiger partial charge in [-0.2, -0.15) is 25.3 Å². The Morgan fingerprint density at radius 1 is 0.902 bits per heavy atom. The van der Waals surface area contributed by atoms with E-state index in [9.17, 15) is 58.3 Å². The van der Waals surface area contributed by atoms with Gasteiger partial charge in [-0.25, -0.2) is 23.4 Å². The fourth-order valence-electron chi connectivity index (χ4n) is 4.09. The third-order valence-electron chi connectivity index (χ3n) is 6.63. The Kier molecular flexibility index (Phi) is 18.5. The zero-order valence-electron chi connectivity index (χ0n) is 26.9. The van der Waals surface area contributed by atoms with Crippen molar-refractivity contribution < 1.29 is 76.7 Å². The number of ether oxygens (including phenoxy) is 1. The van der Waals surface area contributed by atoms with Gasteiger partial charge in [0, 0.05) is 18.2 Å². The zero-order chi connectivity index (χ0) is 39.4. The Morgan fingerprint density at radius 3 is 1.84 bits per heavy atom. The van der Waals surface area contributed by atoms with Crippen LogP contribution in [0.15, 0.2) is 12.7 Å². The highest BCUT2D eigenvalue weighted by Crippen LogP contribution is 2.32. The van der Waals surface area contributed by atoms with E-state index in [1.807, 2.05) is 6.26 Å². The predicted molar refractivity (Wildman–Crippen MR) is 179 cm³/mol. The van der Waals surface area contributed by atoms with Crippen LogP contribution in [0.25, 0.3) is 11.2 Å². The molecule has 0 saturated carbocycles. The topological polar surface area (TPSA) is 406 Å². The number of hydrogen-bond acceptors (Lipinski definition) is 19. The molecule has 5 unspecified atom stereocenters. The van der Waals surface area contributed by atoms with Gasteiger partial charge in [0.1, 0.15) is 41.7 Å². The van der Waals surface area contributed by atoms with E-state index in [-0.39, 0.29) is 48.8 Å². The second kappa shape index (κ2) is 20.2. The molecular formula is C23H41N6O17S5-. The molecule has 51 heavy (non-hydrogen) atoms. The summed E-state index contributed by atoms with van der Waals surface area (Å²) in [6.45, 7) is 0. The summed E-state index contributed by atoms with van der Waals surface area (Å²) in [5.41, 5.74) is 12.0. The van der Waals surface area contributed by atoms with Crippen molar-refractivity contribution >= 4 is 74.3 Å². The van der Waals surface area contributed by atoms with Crippen molar-refractivity contribution in [2.24, 2.45) is 5.73 Å². The molecule has 23 nitrogen and oxygen atoms in total. The van der Waals surface area contributed by atoms with Crippen molar-refractivity contribution in [2.45, 2.75) is 62.7 Å². The van der Waals surface area contributed by atoms with Crippen LogP contribution in [0.1, 0.15) is 38.3 Å². The standard InChI is InChI=1S/C15H22N6O5S.2C4H10O6S2/c1-27(3-2-7(16)15(24)25)4-8-10(22)11(23)14(26-8)21-6-20-9-12(17)18-5-19-13(9)21;2*5-11(6,7)3-1-2-4-12(8,9)10/h5-8,10-11,14,22-23H,2-4,16H2,1H3,(H2-,17,18,19,24,25);2*1-4H2,(H,5,6,7)(H,8,9,10)/p-1/t7-,8?,10?,11?,14?,27?;;/m0../s1. The van der Waals surface area contributed by atoms with E-state index < -0.39 is 100 Å². The fraction of sp³-hybridized carbons (Fsp3) is 0.739. The maximum absolute atomic E-state index is 10.7. The lowest BCUT2D eigenvalue weighted by molar-refractivity contribution is -0.307. The normalized spacial score (nSPS) is 20.9. The first-order valence-electron chi connectivity index (χ1n) is 14.5. The van der Waals surface area contributed by atoms with Crippen molar-refractivity contribution in [3.05, 3.63) is 12.7 Å². The minimum Gasteiger partial charge on any atom is -0.748 e. The second-order valence-corrected chi connectivity index (χ2v) is 19.6. The van der Waals surface area contributed by atoms with E-state index in [0.717, 1.165) is 0 Å². The first-order valence-corrected chi connectivity index (χ1v) is 22.9. The highest BCUT2D eigenvalue weighted by Gasteiger charge is 2.46. The van der Waals surface area contributed by atoms with Crippen LogP contribution < -0.4 is 16.6 Å². The SMILES string of the molecule is C[S+](CC[C@H](N)C(=O)[O-])CC1OC(n2cnc3c(N)ncnc32)C(O)C1O.O=S(=O)(O)CCCCS(=O)(=O)O.O=S(=O)([O-])CCCCS(=O)(=O)O. The molecule has 296 valence electrons. The molecule has 28 heteroatoms. The number of nitrogens with zero attached hydrogens (tertiary/aromatic N) is 4. The first-order chi connectivity index (χ1) is 23.2. The highest BCUT2D eigenvalue weighted by molar-refractivity contribution is 7.96. The van der Waals surface area contributed by atoms with Gasteiger partial charge in [-0.15, -0.1) is 0 Å². The number of aliphatic carboxylic acids is 1. The molecule has 6 atom stereocenters. The lowest BCUT2D eigenvalue weighted by Gasteiger charge is -2.16. The van der Waals surface area contributed by atoms with Gasteiger partial charge >= 0.3 is 0 Å². The first kappa shape index (κ1) is 46.7. The number of nitrogens with two attached hydrogens (primary N) is 2. The number of aromatic nitrogens is 4. The molecule has 0 amide bonds. The molecule has 9 N–H and O–H groups in total. The number of imidazole rings is 1. The lowest BCUT2D eigenvalue weighted by Crippen LogP contribution is -2.43. The van der Waals surface area contributed by atoms with E-state index in [1.54, 1.807) is 0 Å². The third kappa shape index (κ3) is 19.3. The predicted octanol–water partition coefficient (Wildman–Crippen LogP) is -4.52. The molecule has 1 aliphatic heterocycles. The summed E-state index contributed by atoms with van der Waals surface area (Å²) in [5.74, 6) is -2.13. The van der Waals surface area contributed by atoms with Crippen LogP contribution in [0.3, 0.4) is 0 Å². The summed E-state index contributed by atoms with van der Waals surface area (Å²) < 4.78 is 123. The second-order valence-electron chi connectivity index (χ2n) is 11.0. The molecule has 0 aliphatic carbocycles. The van der Waals surface area contributed by atoms with Gasteiger partial charge in [-0.1, -0.05) is 0 Å². The maximum Gasteiger partial charge on any atom is 0.264 e. The molecule has 2 aromatic rings.